The number of para-hydroxylation sites is 2. The second-order valence-electron chi connectivity index (χ2n) is 7.96. The van der Waals surface area contributed by atoms with Gasteiger partial charge in [-0.25, -0.2) is 0 Å². The molecule has 3 heteroatoms. The molecule has 156 valence electrons. The van der Waals surface area contributed by atoms with E-state index in [0.29, 0.717) is 0 Å². The quantitative estimate of drug-likeness (QED) is 0.240. The van der Waals surface area contributed by atoms with Gasteiger partial charge in [-0.1, -0.05) is 56.8 Å². The van der Waals surface area contributed by atoms with Crippen molar-refractivity contribution in [2.75, 3.05) is 17.2 Å². The van der Waals surface area contributed by atoms with Crippen LogP contribution in [0, 0.1) is 0 Å². The van der Waals surface area contributed by atoms with Crippen molar-refractivity contribution >= 4 is 20.0 Å². The van der Waals surface area contributed by atoms with Gasteiger partial charge in [0.1, 0.15) is 0 Å². The summed E-state index contributed by atoms with van der Waals surface area (Å²) in [4.78, 5) is 6.43. The number of anilines is 2. The molecule has 0 radical (unpaired) electrons. The van der Waals surface area contributed by atoms with Gasteiger partial charge in [-0.2, -0.15) is 0 Å². The molecule has 0 saturated carbocycles. The number of rotatable bonds is 11. The van der Waals surface area contributed by atoms with Crippen molar-refractivity contribution in [3.05, 3.63) is 103 Å². The standard InChI is InChI=1S/C27H33N2P/c1-4-29(24-12-7-6-8-13-24)26-15-10-9-14-25(26)27(3,18-11-21-30-5-2)22-23-16-19-28-20-17-23/h4,6-10,12-17,19-20,30H,1,5,11,18,21-22H2,2-3H3. The highest BCUT2D eigenvalue weighted by atomic mass is 31.1. The highest BCUT2D eigenvalue weighted by Crippen LogP contribution is 2.41. The fraction of sp³-hybridized carbons (Fsp3) is 0.296. The number of benzene rings is 2. The molecule has 0 saturated heterocycles. The molecule has 2 nitrogen and oxygen atoms in total. The molecule has 0 aliphatic heterocycles. The summed E-state index contributed by atoms with van der Waals surface area (Å²) in [6.07, 6.45) is 11.8. The van der Waals surface area contributed by atoms with Crippen molar-refractivity contribution in [1.29, 1.82) is 0 Å². The van der Waals surface area contributed by atoms with Gasteiger partial charge in [0, 0.05) is 30.0 Å². The highest BCUT2D eigenvalue weighted by molar-refractivity contribution is 7.37. The zero-order valence-electron chi connectivity index (χ0n) is 18.2. The van der Waals surface area contributed by atoms with E-state index in [1.165, 1.54) is 42.0 Å². The third-order valence-corrected chi connectivity index (χ3v) is 6.91. The van der Waals surface area contributed by atoms with Gasteiger partial charge >= 0.3 is 0 Å². The van der Waals surface area contributed by atoms with Crippen LogP contribution in [0.15, 0.2) is 91.9 Å². The fourth-order valence-electron chi connectivity index (χ4n) is 4.18. The minimum atomic E-state index is 0.0339. The molecule has 1 aromatic heterocycles. The number of hydrogen-bond donors (Lipinski definition) is 0. The van der Waals surface area contributed by atoms with Gasteiger partial charge in [-0.05, 0) is 78.5 Å². The number of aromatic nitrogens is 1. The molecule has 0 bridgehead atoms. The van der Waals surface area contributed by atoms with Crippen molar-refractivity contribution in [2.24, 2.45) is 0 Å². The predicted molar refractivity (Wildman–Crippen MR) is 133 cm³/mol. The first-order valence-corrected chi connectivity index (χ1v) is 12.3. The van der Waals surface area contributed by atoms with E-state index in [1.807, 2.05) is 18.6 Å². The van der Waals surface area contributed by atoms with Crippen LogP contribution in [-0.2, 0) is 11.8 Å². The van der Waals surface area contributed by atoms with Crippen LogP contribution in [0.4, 0.5) is 11.4 Å². The molecule has 30 heavy (non-hydrogen) atoms. The summed E-state index contributed by atoms with van der Waals surface area (Å²) >= 11 is 0. The molecule has 0 spiro atoms. The van der Waals surface area contributed by atoms with Crippen LogP contribution in [0.25, 0.3) is 0 Å². The van der Waals surface area contributed by atoms with Gasteiger partial charge in [-0.3, -0.25) is 4.98 Å². The lowest BCUT2D eigenvalue weighted by Gasteiger charge is -2.35. The lowest BCUT2D eigenvalue weighted by atomic mass is 9.73. The molecule has 3 rings (SSSR count). The zero-order valence-corrected chi connectivity index (χ0v) is 19.2. The Bertz CT molecular complexity index is 910. The first-order valence-electron chi connectivity index (χ1n) is 10.8. The van der Waals surface area contributed by atoms with Gasteiger partial charge in [0.2, 0.25) is 0 Å². The summed E-state index contributed by atoms with van der Waals surface area (Å²) in [6, 6.07) is 23.6. The van der Waals surface area contributed by atoms with E-state index in [-0.39, 0.29) is 5.41 Å². The summed E-state index contributed by atoms with van der Waals surface area (Å²) < 4.78 is 0. The molecule has 1 heterocycles. The van der Waals surface area contributed by atoms with Crippen LogP contribution >= 0.6 is 8.58 Å². The zero-order chi connectivity index (χ0) is 21.2. The summed E-state index contributed by atoms with van der Waals surface area (Å²) in [5, 5.41) is 0. The van der Waals surface area contributed by atoms with Crippen molar-refractivity contribution < 1.29 is 0 Å². The van der Waals surface area contributed by atoms with Crippen LogP contribution < -0.4 is 4.90 Å². The maximum atomic E-state index is 4.21. The summed E-state index contributed by atoms with van der Waals surface area (Å²) in [7, 11) is 1.06. The van der Waals surface area contributed by atoms with E-state index in [4.69, 9.17) is 0 Å². The molecule has 0 fully saturated rings. The number of hydrogen-bond acceptors (Lipinski definition) is 2. The summed E-state index contributed by atoms with van der Waals surface area (Å²) in [5.74, 6) is 0. The van der Waals surface area contributed by atoms with Crippen molar-refractivity contribution in [3.63, 3.8) is 0 Å². The molecule has 2 aromatic carbocycles. The van der Waals surface area contributed by atoms with Crippen molar-refractivity contribution in [1.82, 2.24) is 4.98 Å². The first-order chi connectivity index (χ1) is 14.7. The fourth-order valence-corrected chi connectivity index (χ4v) is 4.96. The average molecular weight is 417 g/mol. The van der Waals surface area contributed by atoms with E-state index in [0.717, 1.165) is 20.7 Å². The second-order valence-corrected chi connectivity index (χ2v) is 9.66. The maximum absolute atomic E-state index is 4.21. The Hall–Kier alpha value is -2.44. The smallest absolute Gasteiger partial charge is 0.0492 e. The SMILES string of the molecule is C=CN(c1ccccc1)c1ccccc1C(C)(CCCPCC)Cc1ccncc1. The predicted octanol–water partition coefficient (Wildman–Crippen LogP) is 7.34. The molecule has 2 atom stereocenters. The normalized spacial score (nSPS) is 13.3. The van der Waals surface area contributed by atoms with Crippen molar-refractivity contribution in [2.45, 2.75) is 38.5 Å². The van der Waals surface area contributed by atoms with Gasteiger partial charge in [0.05, 0.1) is 0 Å². The first kappa shape index (κ1) is 22.2. The van der Waals surface area contributed by atoms with Crippen LogP contribution in [0.1, 0.15) is 37.8 Å². The van der Waals surface area contributed by atoms with Gasteiger partial charge < -0.3 is 4.90 Å². The molecule has 0 aliphatic carbocycles. The minimum Gasteiger partial charge on any atom is -0.317 e. The van der Waals surface area contributed by atoms with E-state index in [2.05, 4.69) is 97.0 Å². The van der Waals surface area contributed by atoms with Gasteiger partial charge in [-0.15, -0.1) is 8.58 Å². The van der Waals surface area contributed by atoms with E-state index >= 15 is 0 Å². The van der Waals surface area contributed by atoms with Crippen LogP contribution in [0.3, 0.4) is 0 Å². The highest BCUT2D eigenvalue weighted by Gasteiger charge is 2.30. The molecule has 2 unspecified atom stereocenters. The second kappa shape index (κ2) is 11.1. The number of nitrogens with zero attached hydrogens (tertiary/aromatic N) is 2. The summed E-state index contributed by atoms with van der Waals surface area (Å²) in [6.45, 7) is 8.83. The van der Waals surface area contributed by atoms with Gasteiger partial charge in [0.25, 0.3) is 0 Å². The molecule has 3 aromatic rings. The molecule has 0 N–H and O–H groups in total. The van der Waals surface area contributed by atoms with Crippen LogP contribution in [0.5, 0.6) is 0 Å². The Morgan fingerprint density at radius 3 is 2.40 bits per heavy atom. The average Bonchev–Trinajstić information content (AvgIpc) is 2.79. The lowest BCUT2D eigenvalue weighted by molar-refractivity contribution is 0.427. The monoisotopic (exact) mass is 416 g/mol. The minimum absolute atomic E-state index is 0.0339. The van der Waals surface area contributed by atoms with E-state index in [1.54, 1.807) is 0 Å². The third-order valence-electron chi connectivity index (χ3n) is 5.71. The molecule has 0 aliphatic rings. The van der Waals surface area contributed by atoms with E-state index < -0.39 is 0 Å². The van der Waals surface area contributed by atoms with E-state index in [9.17, 15) is 0 Å². The van der Waals surface area contributed by atoms with Gasteiger partial charge in [0.15, 0.2) is 0 Å². The maximum Gasteiger partial charge on any atom is 0.0492 e. The Kier molecular flexibility index (Phi) is 8.22. The topological polar surface area (TPSA) is 16.1 Å². The third kappa shape index (κ3) is 5.58. The number of pyridine rings is 1. The van der Waals surface area contributed by atoms with Crippen LogP contribution in [0.2, 0.25) is 0 Å². The lowest BCUT2D eigenvalue weighted by Crippen LogP contribution is -2.28. The molecular formula is C27H33N2P. The Balaban J connectivity index is 2.01. The molecular weight excluding hydrogens is 383 g/mol. The Morgan fingerprint density at radius 2 is 1.70 bits per heavy atom. The van der Waals surface area contributed by atoms with Crippen LogP contribution in [-0.4, -0.2) is 17.3 Å². The Labute approximate surface area is 183 Å². The largest absolute Gasteiger partial charge is 0.317 e. The summed E-state index contributed by atoms with van der Waals surface area (Å²) in [5.41, 5.74) is 5.11. The Morgan fingerprint density at radius 1 is 1.00 bits per heavy atom. The molecule has 0 amide bonds. The van der Waals surface area contributed by atoms with Crippen molar-refractivity contribution in [3.8, 4) is 0 Å².